The summed E-state index contributed by atoms with van der Waals surface area (Å²) < 4.78 is 21.0. The normalized spacial score (nSPS) is 28.6. The van der Waals surface area contributed by atoms with Gasteiger partial charge in [0.05, 0.1) is 5.54 Å². The number of ether oxygens (including phenoxy) is 1. The molecule has 0 aliphatic carbocycles. The lowest BCUT2D eigenvalue weighted by Gasteiger charge is -2.39. The van der Waals surface area contributed by atoms with Crippen molar-refractivity contribution in [1.82, 2.24) is 15.2 Å². The van der Waals surface area contributed by atoms with Gasteiger partial charge in [0.2, 0.25) is 5.88 Å². The second-order valence-electron chi connectivity index (χ2n) is 12.9. The zero-order chi connectivity index (χ0) is 28.4. The fourth-order valence-corrected chi connectivity index (χ4v) is 8.43. The van der Waals surface area contributed by atoms with Crippen molar-refractivity contribution in [1.29, 1.82) is 5.26 Å². The monoisotopic (exact) mass is 568 g/mol. The minimum Gasteiger partial charge on any atom is -0.508 e. The first-order valence-corrected chi connectivity index (χ1v) is 15.5. The molecule has 0 radical (unpaired) electrons. The highest BCUT2D eigenvalue weighted by Crippen LogP contribution is 2.43. The van der Waals surface area contributed by atoms with E-state index in [1.165, 1.54) is 12.8 Å². The van der Waals surface area contributed by atoms with Gasteiger partial charge in [0.15, 0.2) is 0 Å². The summed E-state index contributed by atoms with van der Waals surface area (Å²) in [5, 5.41) is 26.9. The number of aromatic hydroxyl groups is 1. The third-order valence-corrected chi connectivity index (χ3v) is 10.4. The van der Waals surface area contributed by atoms with Crippen LogP contribution in [0.4, 0.5) is 15.9 Å². The summed E-state index contributed by atoms with van der Waals surface area (Å²) >= 11 is 0. The standard InChI is InChI=1S/C33H37FN6O2/c34-22-14-33(9-3-10-40(33)16-22)20-42-32-28(15-35)29-19-38(30-13-25(41)12-21-4-1-2-5-26(21)30)11-8-27(29)31(37-32)39-17-23-6-7-24(18-39)36-23/h1-2,4-5,12-13,22-24,36,41H,3,6-11,14,16-20H2/t22-,23?,24?,33?/m1/s1. The molecule has 2 aromatic carbocycles. The van der Waals surface area contributed by atoms with Crippen LogP contribution in [0.1, 0.15) is 48.8 Å². The number of nitriles is 1. The molecular formula is C33H37FN6O2. The molecule has 4 atom stereocenters. The predicted molar refractivity (Wildman–Crippen MR) is 160 cm³/mol. The van der Waals surface area contributed by atoms with E-state index in [1.807, 2.05) is 24.3 Å². The Kier molecular flexibility index (Phi) is 6.20. The molecule has 4 saturated heterocycles. The largest absolute Gasteiger partial charge is 0.508 e. The van der Waals surface area contributed by atoms with Crippen LogP contribution in [0, 0.1) is 11.3 Å². The molecule has 3 aromatic rings. The molecule has 42 heavy (non-hydrogen) atoms. The zero-order valence-corrected chi connectivity index (χ0v) is 23.9. The summed E-state index contributed by atoms with van der Waals surface area (Å²) in [5.41, 5.74) is 3.21. The lowest BCUT2D eigenvalue weighted by molar-refractivity contribution is 0.110. The predicted octanol–water partition coefficient (Wildman–Crippen LogP) is 4.27. The summed E-state index contributed by atoms with van der Waals surface area (Å²) in [6, 6.07) is 15.1. The number of nitrogens with zero attached hydrogens (tertiary/aromatic N) is 5. The fraction of sp³-hybridized carbons (Fsp3) is 0.515. The van der Waals surface area contributed by atoms with E-state index in [1.54, 1.807) is 6.07 Å². The fourth-order valence-electron chi connectivity index (χ4n) is 8.43. The minimum atomic E-state index is -0.835. The maximum absolute atomic E-state index is 14.5. The Balaban J connectivity index is 1.20. The maximum atomic E-state index is 14.5. The number of alkyl halides is 1. The number of nitrogens with one attached hydrogen (secondary N) is 1. The lowest BCUT2D eigenvalue weighted by Crippen LogP contribution is -2.52. The number of aromatic nitrogens is 1. The number of phenols is 1. The average molecular weight is 569 g/mol. The van der Waals surface area contributed by atoms with E-state index in [9.17, 15) is 14.8 Å². The van der Waals surface area contributed by atoms with Crippen LogP contribution in [0.15, 0.2) is 36.4 Å². The van der Waals surface area contributed by atoms with E-state index in [2.05, 4.69) is 32.2 Å². The number of rotatable bonds is 5. The molecule has 3 unspecified atom stereocenters. The summed E-state index contributed by atoms with van der Waals surface area (Å²) in [5.74, 6) is 1.55. The molecule has 8 rings (SSSR count). The van der Waals surface area contributed by atoms with E-state index < -0.39 is 6.17 Å². The quantitative estimate of drug-likeness (QED) is 0.472. The van der Waals surface area contributed by atoms with Crippen molar-refractivity contribution in [3.05, 3.63) is 53.1 Å². The first-order valence-electron chi connectivity index (χ1n) is 15.5. The van der Waals surface area contributed by atoms with Crippen LogP contribution in [0.3, 0.4) is 0 Å². The van der Waals surface area contributed by atoms with Crippen LogP contribution in [0.2, 0.25) is 0 Å². The molecule has 0 saturated carbocycles. The lowest BCUT2D eigenvalue weighted by atomic mass is 9.93. The molecular weight excluding hydrogens is 531 g/mol. The number of piperazine rings is 1. The topological polar surface area (TPSA) is 87.9 Å². The molecule has 6 heterocycles. The summed E-state index contributed by atoms with van der Waals surface area (Å²) in [6.45, 7) is 4.78. The highest BCUT2D eigenvalue weighted by molar-refractivity contribution is 5.95. The van der Waals surface area contributed by atoms with Crippen molar-refractivity contribution >= 4 is 22.3 Å². The number of hydrogen-bond donors (Lipinski definition) is 2. The SMILES string of the molecule is N#Cc1c(OCC23CCCN2C[C@H](F)C3)nc(N2CC3CCC(C2)N3)c2c1CN(c1cc(O)cc3ccccc13)CC2. The molecule has 2 bridgehead atoms. The number of phenolic OH excluding ortho intramolecular Hbond substituents is 1. The maximum Gasteiger partial charge on any atom is 0.234 e. The van der Waals surface area contributed by atoms with Crippen LogP contribution < -0.4 is 19.9 Å². The molecule has 0 spiro atoms. The Labute approximate surface area is 245 Å². The van der Waals surface area contributed by atoms with Gasteiger partial charge in [-0.15, -0.1) is 0 Å². The van der Waals surface area contributed by atoms with Crippen molar-refractivity contribution in [2.24, 2.45) is 0 Å². The first kappa shape index (κ1) is 26.1. The number of anilines is 2. The van der Waals surface area contributed by atoms with Crippen LogP contribution in [-0.2, 0) is 13.0 Å². The summed E-state index contributed by atoms with van der Waals surface area (Å²) in [7, 11) is 0. The molecule has 8 nitrogen and oxygen atoms in total. The van der Waals surface area contributed by atoms with Crippen molar-refractivity contribution in [2.45, 2.75) is 68.9 Å². The highest BCUT2D eigenvalue weighted by Gasteiger charge is 2.49. The highest BCUT2D eigenvalue weighted by atomic mass is 19.1. The van der Waals surface area contributed by atoms with Gasteiger partial charge in [-0.25, -0.2) is 4.39 Å². The van der Waals surface area contributed by atoms with E-state index in [-0.39, 0.29) is 11.3 Å². The van der Waals surface area contributed by atoms with E-state index in [0.29, 0.717) is 49.6 Å². The number of hydrogen-bond acceptors (Lipinski definition) is 8. The van der Waals surface area contributed by atoms with Gasteiger partial charge in [0, 0.05) is 79.5 Å². The molecule has 0 amide bonds. The Morgan fingerprint density at radius 2 is 1.93 bits per heavy atom. The molecule has 5 aliphatic rings. The van der Waals surface area contributed by atoms with Crippen molar-refractivity contribution in [3.8, 4) is 17.7 Å². The number of halogens is 1. The minimum absolute atomic E-state index is 0.230. The van der Waals surface area contributed by atoms with Crippen molar-refractivity contribution in [2.75, 3.05) is 49.1 Å². The van der Waals surface area contributed by atoms with Crippen LogP contribution in [0.5, 0.6) is 11.6 Å². The third-order valence-electron chi connectivity index (χ3n) is 10.4. The Morgan fingerprint density at radius 1 is 1.10 bits per heavy atom. The summed E-state index contributed by atoms with van der Waals surface area (Å²) in [4.78, 5) is 12.0. The second kappa shape index (κ2) is 9.99. The van der Waals surface area contributed by atoms with Gasteiger partial charge >= 0.3 is 0 Å². The van der Waals surface area contributed by atoms with Gasteiger partial charge in [0.1, 0.15) is 36.0 Å². The van der Waals surface area contributed by atoms with Crippen molar-refractivity contribution in [3.63, 3.8) is 0 Å². The van der Waals surface area contributed by atoms with Crippen molar-refractivity contribution < 1.29 is 14.2 Å². The molecule has 2 N–H and O–H groups in total. The van der Waals surface area contributed by atoms with E-state index in [4.69, 9.17) is 9.72 Å². The molecule has 9 heteroatoms. The van der Waals surface area contributed by atoms with Gasteiger partial charge in [0.25, 0.3) is 0 Å². The molecule has 5 aliphatic heterocycles. The Bertz CT molecular complexity index is 1580. The molecule has 218 valence electrons. The van der Waals surface area contributed by atoms with Gasteiger partial charge in [-0.05, 0) is 50.1 Å². The number of pyridine rings is 1. The molecule has 1 aromatic heterocycles. The third kappa shape index (κ3) is 4.26. The van der Waals surface area contributed by atoms with Gasteiger partial charge in [-0.2, -0.15) is 10.2 Å². The van der Waals surface area contributed by atoms with Crippen LogP contribution >= 0.6 is 0 Å². The number of benzene rings is 2. The Hall–Kier alpha value is -3.61. The van der Waals surface area contributed by atoms with Gasteiger partial charge < -0.3 is 25.0 Å². The number of fused-ring (bicyclic) bond motifs is 5. The first-order chi connectivity index (χ1) is 20.5. The van der Waals surface area contributed by atoms with E-state index >= 15 is 0 Å². The molecule has 4 fully saturated rings. The van der Waals surface area contributed by atoms with Gasteiger partial charge in [-0.1, -0.05) is 24.3 Å². The summed E-state index contributed by atoms with van der Waals surface area (Å²) in [6.07, 6.45) is 4.68. The van der Waals surface area contributed by atoms with Crippen LogP contribution in [0.25, 0.3) is 10.8 Å². The van der Waals surface area contributed by atoms with E-state index in [0.717, 1.165) is 78.8 Å². The Morgan fingerprint density at radius 3 is 2.76 bits per heavy atom. The average Bonchev–Trinajstić information content (AvgIpc) is 3.64. The smallest absolute Gasteiger partial charge is 0.234 e. The second-order valence-corrected chi connectivity index (χ2v) is 12.9. The zero-order valence-electron chi connectivity index (χ0n) is 23.9. The van der Waals surface area contributed by atoms with Crippen LogP contribution in [-0.4, -0.2) is 78.1 Å². The van der Waals surface area contributed by atoms with Gasteiger partial charge in [-0.3, -0.25) is 4.90 Å².